The molecule has 1 aromatic rings. The molecule has 1 aliphatic rings. The van der Waals surface area contributed by atoms with Gasteiger partial charge in [-0.15, -0.1) is 0 Å². The number of hydrogen-bond donors (Lipinski definition) is 0. The topological polar surface area (TPSA) is 35.3 Å². The van der Waals surface area contributed by atoms with Crippen molar-refractivity contribution in [1.82, 2.24) is 4.98 Å². The Morgan fingerprint density at radius 3 is 3.14 bits per heavy atom. The molecule has 1 aliphatic heterocycles. The molecule has 0 aliphatic carbocycles. The van der Waals surface area contributed by atoms with Gasteiger partial charge < -0.3 is 9.15 Å². The third-order valence-corrected chi connectivity index (χ3v) is 3.07. The zero-order valence-corrected chi connectivity index (χ0v) is 9.63. The Balaban J connectivity index is 1.95. The van der Waals surface area contributed by atoms with Crippen LogP contribution < -0.4 is 0 Å². The van der Waals surface area contributed by atoms with E-state index in [-0.39, 0.29) is 0 Å². The van der Waals surface area contributed by atoms with Crippen LogP contribution in [-0.4, -0.2) is 17.7 Å². The van der Waals surface area contributed by atoms with Crippen molar-refractivity contribution in [3.05, 3.63) is 17.8 Å². The molecule has 1 saturated heterocycles. The van der Waals surface area contributed by atoms with Gasteiger partial charge in [0, 0.05) is 18.4 Å². The van der Waals surface area contributed by atoms with Crippen LogP contribution in [0.5, 0.6) is 0 Å². The summed E-state index contributed by atoms with van der Waals surface area (Å²) in [5, 5.41) is 0.756. The van der Waals surface area contributed by atoms with Crippen LogP contribution in [0, 0.1) is 0 Å². The summed E-state index contributed by atoms with van der Waals surface area (Å²) < 4.78 is 11.0. The molecule has 0 spiro atoms. The molecule has 14 heavy (non-hydrogen) atoms. The Hall–Kier alpha value is -0.350. The van der Waals surface area contributed by atoms with Gasteiger partial charge in [-0.25, -0.2) is 4.98 Å². The van der Waals surface area contributed by atoms with Gasteiger partial charge in [-0.3, -0.25) is 0 Å². The molecule has 0 radical (unpaired) electrons. The molecule has 1 fully saturated rings. The van der Waals surface area contributed by atoms with Gasteiger partial charge in [-0.2, -0.15) is 0 Å². The first-order valence-corrected chi connectivity index (χ1v) is 6.11. The van der Waals surface area contributed by atoms with Crippen LogP contribution in [0.25, 0.3) is 0 Å². The number of hydrogen-bond acceptors (Lipinski definition) is 3. The van der Waals surface area contributed by atoms with E-state index in [0.717, 1.165) is 36.2 Å². The fraction of sp³-hybridized carbons (Fsp3) is 0.700. The average Bonchev–Trinajstić information content (AvgIpc) is 2.67. The summed E-state index contributed by atoms with van der Waals surface area (Å²) in [5.41, 5.74) is 0.999. The number of aromatic nitrogens is 1. The zero-order valence-electron chi connectivity index (χ0n) is 8.04. The quantitative estimate of drug-likeness (QED) is 0.784. The first-order valence-electron chi connectivity index (χ1n) is 4.99. The highest BCUT2D eigenvalue weighted by atomic mass is 79.9. The largest absolute Gasteiger partial charge is 0.448 e. The molecule has 1 atom stereocenters. The molecular weight excluding hydrogens is 246 g/mol. The maximum absolute atomic E-state index is 5.65. The molecule has 1 unspecified atom stereocenters. The second-order valence-corrected chi connectivity index (χ2v) is 4.11. The van der Waals surface area contributed by atoms with Gasteiger partial charge in [0.2, 0.25) is 0 Å². The lowest BCUT2D eigenvalue weighted by molar-refractivity contribution is 0.0138. The maximum atomic E-state index is 5.65. The van der Waals surface area contributed by atoms with Crippen molar-refractivity contribution in [2.24, 2.45) is 0 Å². The summed E-state index contributed by atoms with van der Waals surface area (Å²) in [5.74, 6) is 0.966. The molecular formula is C10H14BrNO2. The summed E-state index contributed by atoms with van der Waals surface area (Å²) in [7, 11) is 0. The van der Waals surface area contributed by atoms with Gasteiger partial charge in [0.15, 0.2) is 6.39 Å². The Morgan fingerprint density at radius 1 is 1.50 bits per heavy atom. The zero-order chi connectivity index (χ0) is 9.80. The van der Waals surface area contributed by atoms with Crippen molar-refractivity contribution >= 4 is 15.9 Å². The van der Waals surface area contributed by atoms with Crippen molar-refractivity contribution in [3.8, 4) is 0 Å². The van der Waals surface area contributed by atoms with Crippen LogP contribution in [0.2, 0.25) is 0 Å². The molecule has 0 saturated carbocycles. The van der Waals surface area contributed by atoms with Crippen LogP contribution in [0.15, 0.2) is 10.8 Å². The van der Waals surface area contributed by atoms with E-state index in [9.17, 15) is 0 Å². The van der Waals surface area contributed by atoms with Crippen molar-refractivity contribution in [2.45, 2.75) is 37.1 Å². The standard InChI is InChI=1S/C10H14BrNO2/c11-6-9-10(14-7-12-9)5-8-3-1-2-4-13-8/h7-8H,1-6H2. The minimum Gasteiger partial charge on any atom is -0.448 e. The predicted octanol–water partition coefficient (Wildman–Crippen LogP) is 2.68. The van der Waals surface area contributed by atoms with E-state index in [1.807, 2.05) is 0 Å². The SMILES string of the molecule is BrCc1ncoc1CC1CCCCO1. The molecule has 78 valence electrons. The van der Waals surface area contributed by atoms with Crippen LogP contribution in [0.3, 0.4) is 0 Å². The van der Waals surface area contributed by atoms with Gasteiger partial charge in [-0.1, -0.05) is 15.9 Å². The molecule has 0 aromatic carbocycles. The smallest absolute Gasteiger partial charge is 0.181 e. The summed E-state index contributed by atoms with van der Waals surface area (Å²) in [6.07, 6.45) is 6.30. The number of nitrogens with zero attached hydrogens (tertiary/aromatic N) is 1. The predicted molar refractivity (Wildman–Crippen MR) is 56.4 cm³/mol. The summed E-state index contributed by atoms with van der Waals surface area (Å²) >= 11 is 3.39. The lowest BCUT2D eigenvalue weighted by atomic mass is 10.0. The van der Waals surface area contributed by atoms with Crippen molar-refractivity contribution in [3.63, 3.8) is 0 Å². The number of oxazole rings is 1. The molecule has 4 heteroatoms. The highest BCUT2D eigenvalue weighted by Crippen LogP contribution is 2.20. The number of ether oxygens (including phenoxy) is 1. The molecule has 0 N–H and O–H groups in total. The maximum Gasteiger partial charge on any atom is 0.181 e. The molecule has 2 rings (SSSR count). The molecule has 3 nitrogen and oxygen atoms in total. The minimum absolute atomic E-state index is 0.328. The Labute approximate surface area is 92.0 Å². The van der Waals surface area contributed by atoms with Crippen molar-refractivity contribution < 1.29 is 9.15 Å². The van der Waals surface area contributed by atoms with Crippen molar-refractivity contribution in [1.29, 1.82) is 0 Å². The van der Waals surface area contributed by atoms with Gasteiger partial charge >= 0.3 is 0 Å². The summed E-state index contributed by atoms with van der Waals surface area (Å²) in [4.78, 5) is 4.13. The second kappa shape index (κ2) is 4.94. The minimum atomic E-state index is 0.328. The van der Waals surface area contributed by atoms with Gasteiger partial charge in [0.05, 0.1) is 11.8 Å². The van der Waals surface area contributed by atoms with Gasteiger partial charge in [-0.05, 0) is 19.3 Å². The lowest BCUT2D eigenvalue weighted by Gasteiger charge is -2.21. The number of halogens is 1. The van der Waals surface area contributed by atoms with Crippen LogP contribution in [0.4, 0.5) is 0 Å². The van der Waals surface area contributed by atoms with Gasteiger partial charge in [0.25, 0.3) is 0 Å². The highest BCUT2D eigenvalue weighted by Gasteiger charge is 2.18. The van der Waals surface area contributed by atoms with Crippen LogP contribution >= 0.6 is 15.9 Å². The Kier molecular flexibility index (Phi) is 3.59. The third-order valence-electron chi connectivity index (χ3n) is 2.54. The molecule has 0 amide bonds. The van der Waals surface area contributed by atoms with Crippen molar-refractivity contribution in [2.75, 3.05) is 6.61 Å². The monoisotopic (exact) mass is 259 g/mol. The van der Waals surface area contributed by atoms with E-state index >= 15 is 0 Å². The van der Waals surface area contributed by atoms with E-state index in [4.69, 9.17) is 9.15 Å². The summed E-state index contributed by atoms with van der Waals surface area (Å²) in [6.45, 7) is 0.891. The summed E-state index contributed by atoms with van der Waals surface area (Å²) in [6, 6.07) is 0. The molecule has 0 bridgehead atoms. The fourth-order valence-corrected chi connectivity index (χ4v) is 2.20. The number of rotatable bonds is 3. The molecule has 2 heterocycles. The van der Waals surface area contributed by atoms with E-state index in [1.54, 1.807) is 0 Å². The highest BCUT2D eigenvalue weighted by molar-refractivity contribution is 9.08. The first-order chi connectivity index (χ1) is 6.90. The second-order valence-electron chi connectivity index (χ2n) is 3.55. The van der Waals surface area contributed by atoms with Crippen LogP contribution in [-0.2, 0) is 16.5 Å². The van der Waals surface area contributed by atoms with E-state index < -0.39 is 0 Å². The molecule has 1 aromatic heterocycles. The van der Waals surface area contributed by atoms with Crippen LogP contribution in [0.1, 0.15) is 30.7 Å². The normalized spacial score (nSPS) is 22.5. The average molecular weight is 260 g/mol. The lowest BCUT2D eigenvalue weighted by Crippen LogP contribution is -2.21. The van der Waals surface area contributed by atoms with E-state index in [2.05, 4.69) is 20.9 Å². The first kappa shape index (κ1) is 10.2. The Bertz CT molecular complexity index is 281. The van der Waals surface area contributed by atoms with Gasteiger partial charge in [0.1, 0.15) is 5.76 Å². The van der Waals surface area contributed by atoms with E-state index in [0.29, 0.717) is 6.10 Å². The Morgan fingerprint density at radius 2 is 2.43 bits per heavy atom. The number of alkyl halides is 1. The fourth-order valence-electron chi connectivity index (χ4n) is 1.74. The third kappa shape index (κ3) is 2.36. The van der Waals surface area contributed by atoms with E-state index in [1.165, 1.54) is 19.2 Å².